The molecule has 1 aliphatic heterocycles. The molecule has 5 heteroatoms. The van der Waals surface area contributed by atoms with Crippen molar-refractivity contribution in [1.82, 2.24) is 10.6 Å². The molecule has 25 heavy (non-hydrogen) atoms. The molecular weight excluding hydrogens is 316 g/mol. The number of alkyl carbamates (subject to hydrolysis) is 1. The number of carbonyl (C=O) groups excluding carboxylic acids is 1. The molecule has 1 aromatic rings. The second-order valence-corrected chi connectivity index (χ2v) is 8.32. The Hall–Kier alpha value is -1.75. The van der Waals surface area contributed by atoms with Gasteiger partial charge in [-0.15, -0.1) is 0 Å². The maximum absolute atomic E-state index is 12.0. The third-order valence-electron chi connectivity index (χ3n) is 4.72. The molecule has 0 spiro atoms. The van der Waals surface area contributed by atoms with Gasteiger partial charge in [-0.3, -0.25) is 0 Å². The third-order valence-corrected chi connectivity index (χ3v) is 4.72. The number of benzene rings is 1. The summed E-state index contributed by atoms with van der Waals surface area (Å²) in [5.74, 6) is 1.35. The zero-order chi connectivity index (χ0) is 18.7. The highest BCUT2D eigenvalue weighted by atomic mass is 16.6. The van der Waals surface area contributed by atoms with Crippen molar-refractivity contribution in [3.63, 3.8) is 0 Å². The van der Waals surface area contributed by atoms with Crippen molar-refractivity contribution in [3.05, 3.63) is 29.3 Å². The monoisotopic (exact) mass is 348 g/mol. The summed E-state index contributed by atoms with van der Waals surface area (Å²) >= 11 is 0. The molecule has 1 heterocycles. The average Bonchev–Trinajstić information content (AvgIpc) is 2.96. The van der Waals surface area contributed by atoms with Crippen LogP contribution in [0.15, 0.2) is 18.2 Å². The van der Waals surface area contributed by atoms with Gasteiger partial charge in [-0.05, 0) is 50.8 Å². The number of nitrogens with one attached hydrogen (secondary N) is 2. The fraction of sp³-hybridized carbons (Fsp3) is 0.650. The first kappa shape index (κ1) is 19.6. The SMILES string of the molecule is CC(C)C(C)(CNC(=O)OC(C)(C)C)NCc1ccc2c(c1)CCO2. The van der Waals surface area contributed by atoms with Crippen LogP contribution in [0.4, 0.5) is 4.79 Å². The van der Waals surface area contributed by atoms with Crippen molar-refractivity contribution in [2.75, 3.05) is 13.2 Å². The Balaban J connectivity index is 1.93. The van der Waals surface area contributed by atoms with Crippen molar-refractivity contribution in [2.45, 2.75) is 65.6 Å². The van der Waals surface area contributed by atoms with Gasteiger partial charge in [-0.25, -0.2) is 4.79 Å². The molecule has 1 atom stereocenters. The molecule has 0 radical (unpaired) electrons. The summed E-state index contributed by atoms with van der Waals surface area (Å²) < 4.78 is 10.9. The Kier molecular flexibility index (Phi) is 5.99. The van der Waals surface area contributed by atoms with Crippen LogP contribution in [0.5, 0.6) is 5.75 Å². The maximum atomic E-state index is 12.0. The minimum Gasteiger partial charge on any atom is -0.493 e. The van der Waals surface area contributed by atoms with Crippen molar-refractivity contribution in [2.24, 2.45) is 5.92 Å². The highest BCUT2D eigenvalue weighted by molar-refractivity contribution is 5.67. The largest absolute Gasteiger partial charge is 0.493 e. The Morgan fingerprint density at radius 2 is 2.00 bits per heavy atom. The first-order chi connectivity index (χ1) is 11.6. The lowest BCUT2D eigenvalue weighted by molar-refractivity contribution is 0.0503. The normalized spacial score (nSPS) is 16.1. The summed E-state index contributed by atoms with van der Waals surface area (Å²) in [5, 5.41) is 6.51. The van der Waals surface area contributed by atoms with E-state index >= 15 is 0 Å². The van der Waals surface area contributed by atoms with Gasteiger partial charge in [0.25, 0.3) is 0 Å². The summed E-state index contributed by atoms with van der Waals surface area (Å²) in [6, 6.07) is 6.35. The predicted octanol–water partition coefficient (Wildman–Crippen LogP) is 3.65. The number of hydrogen-bond acceptors (Lipinski definition) is 4. The first-order valence-electron chi connectivity index (χ1n) is 9.05. The van der Waals surface area contributed by atoms with E-state index in [0.29, 0.717) is 12.5 Å². The molecular formula is C20H32N2O3. The van der Waals surface area contributed by atoms with E-state index in [-0.39, 0.29) is 11.6 Å². The van der Waals surface area contributed by atoms with E-state index in [4.69, 9.17) is 9.47 Å². The van der Waals surface area contributed by atoms with Crippen LogP contribution >= 0.6 is 0 Å². The van der Waals surface area contributed by atoms with E-state index in [1.165, 1.54) is 11.1 Å². The summed E-state index contributed by atoms with van der Waals surface area (Å²) in [5.41, 5.74) is 1.79. The summed E-state index contributed by atoms with van der Waals surface area (Å²) in [6.07, 6.45) is 0.598. The number of rotatable bonds is 6. The molecule has 140 valence electrons. The van der Waals surface area contributed by atoms with Gasteiger partial charge in [0.15, 0.2) is 0 Å². The van der Waals surface area contributed by atoms with Gasteiger partial charge in [-0.2, -0.15) is 0 Å². The molecule has 0 saturated heterocycles. The number of carbonyl (C=O) groups is 1. The van der Waals surface area contributed by atoms with E-state index in [0.717, 1.165) is 25.3 Å². The van der Waals surface area contributed by atoms with Crippen molar-refractivity contribution >= 4 is 6.09 Å². The van der Waals surface area contributed by atoms with E-state index in [9.17, 15) is 4.79 Å². The van der Waals surface area contributed by atoms with Crippen molar-refractivity contribution < 1.29 is 14.3 Å². The Morgan fingerprint density at radius 3 is 2.64 bits per heavy atom. The molecule has 2 N–H and O–H groups in total. The minimum absolute atomic E-state index is 0.230. The topological polar surface area (TPSA) is 59.6 Å². The van der Waals surface area contributed by atoms with Gasteiger partial charge in [0.1, 0.15) is 11.4 Å². The fourth-order valence-corrected chi connectivity index (χ4v) is 2.69. The quantitative estimate of drug-likeness (QED) is 0.824. The molecule has 1 unspecified atom stereocenters. The van der Waals surface area contributed by atoms with Gasteiger partial charge in [0.2, 0.25) is 0 Å². The zero-order valence-electron chi connectivity index (χ0n) is 16.4. The van der Waals surface area contributed by atoms with E-state index in [2.05, 4.69) is 43.5 Å². The number of hydrogen-bond donors (Lipinski definition) is 2. The summed E-state index contributed by atoms with van der Waals surface area (Å²) in [6.45, 7) is 14.1. The summed E-state index contributed by atoms with van der Waals surface area (Å²) in [4.78, 5) is 12.0. The van der Waals surface area contributed by atoms with Crippen molar-refractivity contribution in [3.8, 4) is 5.75 Å². The van der Waals surface area contributed by atoms with Crippen LogP contribution in [0.3, 0.4) is 0 Å². The molecule has 5 nitrogen and oxygen atoms in total. The second-order valence-electron chi connectivity index (χ2n) is 8.32. The highest BCUT2D eigenvalue weighted by Crippen LogP contribution is 2.26. The zero-order valence-corrected chi connectivity index (χ0v) is 16.4. The Morgan fingerprint density at radius 1 is 1.28 bits per heavy atom. The van der Waals surface area contributed by atoms with E-state index in [1.54, 1.807) is 0 Å². The number of fused-ring (bicyclic) bond motifs is 1. The van der Waals surface area contributed by atoms with Crippen LogP contribution < -0.4 is 15.4 Å². The predicted molar refractivity (Wildman–Crippen MR) is 100.0 cm³/mol. The number of amides is 1. The smallest absolute Gasteiger partial charge is 0.407 e. The second kappa shape index (κ2) is 7.65. The molecule has 0 aromatic heterocycles. The maximum Gasteiger partial charge on any atom is 0.407 e. The summed E-state index contributed by atoms with van der Waals surface area (Å²) in [7, 11) is 0. The molecule has 0 aliphatic carbocycles. The molecule has 2 rings (SSSR count). The van der Waals surface area contributed by atoms with Crippen molar-refractivity contribution in [1.29, 1.82) is 0 Å². The molecule has 0 saturated carbocycles. The van der Waals surface area contributed by atoms with E-state index in [1.807, 2.05) is 26.8 Å². The van der Waals surface area contributed by atoms with Gasteiger partial charge in [0.05, 0.1) is 6.61 Å². The van der Waals surface area contributed by atoms with Crippen LogP contribution in [0.2, 0.25) is 0 Å². The third kappa shape index (κ3) is 5.63. The molecule has 0 fully saturated rings. The number of ether oxygens (including phenoxy) is 2. The average molecular weight is 348 g/mol. The van der Waals surface area contributed by atoms with Gasteiger partial charge < -0.3 is 20.1 Å². The Bertz CT molecular complexity index is 607. The molecule has 0 bridgehead atoms. The lowest BCUT2D eigenvalue weighted by Crippen LogP contribution is -2.55. The van der Waals surface area contributed by atoms with E-state index < -0.39 is 5.60 Å². The van der Waals surface area contributed by atoms with Gasteiger partial charge in [-0.1, -0.05) is 26.0 Å². The lowest BCUT2D eigenvalue weighted by Gasteiger charge is -2.35. The van der Waals surface area contributed by atoms with Gasteiger partial charge >= 0.3 is 6.09 Å². The lowest BCUT2D eigenvalue weighted by atomic mass is 9.88. The van der Waals surface area contributed by atoms with Crippen LogP contribution in [-0.2, 0) is 17.7 Å². The molecule has 1 aliphatic rings. The van der Waals surface area contributed by atoms with Crippen LogP contribution in [-0.4, -0.2) is 30.4 Å². The molecule has 1 aromatic carbocycles. The van der Waals surface area contributed by atoms with Crippen LogP contribution in [0, 0.1) is 5.92 Å². The molecule has 1 amide bonds. The minimum atomic E-state index is -0.488. The van der Waals surface area contributed by atoms with Crippen LogP contribution in [0.25, 0.3) is 0 Å². The highest BCUT2D eigenvalue weighted by Gasteiger charge is 2.29. The standard InChI is InChI=1S/C20H32N2O3/c1-14(2)20(6,13-21-18(23)25-19(3,4)5)22-12-15-7-8-17-16(11-15)9-10-24-17/h7-8,11,14,22H,9-10,12-13H2,1-6H3,(H,21,23). The van der Waals surface area contributed by atoms with Gasteiger partial charge in [0, 0.05) is 25.0 Å². The Labute approximate surface area is 151 Å². The fourth-order valence-electron chi connectivity index (χ4n) is 2.69. The first-order valence-corrected chi connectivity index (χ1v) is 9.05. The van der Waals surface area contributed by atoms with Crippen LogP contribution in [0.1, 0.15) is 52.7 Å².